The van der Waals surface area contributed by atoms with Crippen LogP contribution in [0.2, 0.25) is 0 Å². The van der Waals surface area contributed by atoms with Crippen molar-refractivity contribution >= 4 is 11.4 Å². The summed E-state index contributed by atoms with van der Waals surface area (Å²) in [6, 6.07) is 4.26. The van der Waals surface area contributed by atoms with Gasteiger partial charge in [0, 0.05) is 13.6 Å². The van der Waals surface area contributed by atoms with Crippen molar-refractivity contribution in [3.05, 3.63) is 23.8 Å². The third-order valence-electron chi connectivity index (χ3n) is 3.31. The van der Waals surface area contributed by atoms with E-state index in [0.717, 1.165) is 6.07 Å². The number of hydrogen-bond donors (Lipinski definition) is 1. The maximum Gasteiger partial charge on any atom is 0.418 e. The maximum absolute atomic E-state index is 12.8. The van der Waals surface area contributed by atoms with E-state index in [1.165, 1.54) is 6.07 Å². The number of para-hydroxylation sites is 1. The number of benzene rings is 1. The van der Waals surface area contributed by atoms with E-state index in [4.69, 9.17) is 0 Å². The Morgan fingerprint density at radius 3 is 2.53 bits per heavy atom. The van der Waals surface area contributed by atoms with E-state index in [0.29, 0.717) is 12.2 Å². The standard InChI is InChI=1S/C12H15F3N2/c1-11(2)7-16-10-8(12(13,14)15)5-4-6-9(10)17(11)3/h4-6,16H,7H2,1-3H3. The van der Waals surface area contributed by atoms with Crippen LogP contribution in [0.4, 0.5) is 24.5 Å². The topological polar surface area (TPSA) is 15.3 Å². The lowest BCUT2D eigenvalue weighted by Crippen LogP contribution is -2.50. The molecule has 0 atom stereocenters. The van der Waals surface area contributed by atoms with Crippen molar-refractivity contribution in [2.75, 3.05) is 23.8 Å². The molecule has 17 heavy (non-hydrogen) atoms. The van der Waals surface area contributed by atoms with Gasteiger partial charge < -0.3 is 10.2 Å². The number of alkyl halides is 3. The van der Waals surface area contributed by atoms with E-state index in [2.05, 4.69) is 5.32 Å². The zero-order valence-corrected chi connectivity index (χ0v) is 10.0. The van der Waals surface area contributed by atoms with E-state index < -0.39 is 11.7 Å². The van der Waals surface area contributed by atoms with Gasteiger partial charge in [0.15, 0.2) is 0 Å². The summed E-state index contributed by atoms with van der Waals surface area (Å²) in [5, 5.41) is 2.90. The molecule has 0 fully saturated rings. The summed E-state index contributed by atoms with van der Waals surface area (Å²) in [5.41, 5.74) is -0.0210. The molecule has 2 rings (SSSR count). The number of hydrogen-bond acceptors (Lipinski definition) is 2. The molecule has 1 aromatic carbocycles. The van der Waals surface area contributed by atoms with Crippen LogP contribution >= 0.6 is 0 Å². The fraction of sp³-hybridized carbons (Fsp3) is 0.500. The second kappa shape index (κ2) is 3.55. The highest BCUT2D eigenvalue weighted by atomic mass is 19.4. The molecule has 1 N–H and O–H groups in total. The van der Waals surface area contributed by atoms with Crippen molar-refractivity contribution in [3.63, 3.8) is 0 Å². The number of rotatable bonds is 0. The first-order valence-electron chi connectivity index (χ1n) is 5.41. The molecule has 0 unspecified atom stereocenters. The van der Waals surface area contributed by atoms with E-state index in [9.17, 15) is 13.2 Å². The summed E-state index contributed by atoms with van der Waals surface area (Å²) in [5.74, 6) is 0. The first-order valence-corrected chi connectivity index (χ1v) is 5.41. The van der Waals surface area contributed by atoms with Crippen molar-refractivity contribution in [1.29, 1.82) is 0 Å². The molecule has 0 radical (unpaired) electrons. The molecule has 0 saturated heterocycles. The van der Waals surface area contributed by atoms with Gasteiger partial charge in [-0.05, 0) is 26.0 Å². The molecule has 1 heterocycles. The molecule has 0 bridgehead atoms. The Balaban J connectivity index is 2.56. The number of anilines is 2. The molecule has 1 aliphatic rings. The SMILES string of the molecule is CN1c2cccc(C(F)(F)F)c2NCC1(C)C. The minimum Gasteiger partial charge on any atom is -0.381 e. The van der Waals surface area contributed by atoms with Crippen LogP contribution in [-0.2, 0) is 6.18 Å². The summed E-state index contributed by atoms with van der Waals surface area (Å²) < 4.78 is 38.5. The molecule has 0 saturated carbocycles. The van der Waals surface area contributed by atoms with Crippen LogP contribution < -0.4 is 10.2 Å². The molecule has 0 aromatic heterocycles. The Hall–Kier alpha value is -1.39. The lowest BCUT2D eigenvalue weighted by atomic mass is 9.96. The largest absolute Gasteiger partial charge is 0.418 e. The average molecular weight is 244 g/mol. The molecule has 1 aliphatic heterocycles. The number of fused-ring (bicyclic) bond motifs is 1. The summed E-state index contributed by atoms with van der Waals surface area (Å²) >= 11 is 0. The van der Waals surface area contributed by atoms with Gasteiger partial charge in [-0.15, -0.1) is 0 Å². The monoisotopic (exact) mass is 244 g/mol. The van der Waals surface area contributed by atoms with Crippen molar-refractivity contribution in [2.45, 2.75) is 25.6 Å². The normalized spacial score (nSPS) is 18.6. The zero-order valence-electron chi connectivity index (χ0n) is 10.0. The minimum absolute atomic E-state index is 0.182. The fourth-order valence-corrected chi connectivity index (χ4v) is 1.99. The number of halogens is 3. The summed E-state index contributed by atoms with van der Waals surface area (Å²) in [6.45, 7) is 4.47. The summed E-state index contributed by atoms with van der Waals surface area (Å²) in [4.78, 5) is 1.88. The molecule has 0 spiro atoms. The quantitative estimate of drug-likeness (QED) is 0.753. The lowest BCUT2D eigenvalue weighted by molar-refractivity contribution is -0.137. The molecule has 0 amide bonds. The predicted octanol–water partition coefficient (Wildman–Crippen LogP) is 3.35. The maximum atomic E-state index is 12.8. The van der Waals surface area contributed by atoms with Crippen LogP contribution in [0.1, 0.15) is 19.4 Å². The molecule has 5 heteroatoms. The van der Waals surface area contributed by atoms with Gasteiger partial charge in [0.1, 0.15) is 0 Å². The van der Waals surface area contributed by atoms with Crippen molar-refractivity contribution < 1.29 is 13.2 Å². The first-order chi connectivity index (χ1) is 7.73. The van der Waals surface area contributed by atoms with Gasteiger partial charge in [-0.2, -0.15) is 13.2 Å². The Bertz CT molecular complexity index is 438. The Labute approximate surface area is 98.4 Å². The van der Waals surface area contributed by atoms with Crippen molar-refractivity contribution in [2.24, 2.45) is 0 Å². The molecule has 94 valence electrons. The van der Waals surface area contributed by atoms with Gasteiger partial charge in [-0.25, -0.2) is 0 Å². The van der Waals surface area contributed by atoms with Crippen LogP contribution in [0.15, 0.2) is 18.2 Å². The van der Waals surface area contributed by atoms with Crippen LogP contribution in [0.5, 0.6) is 0 Å². The zero-order chi connectivity index (χ0) is 12.8. The number of nitrogens with zero attached hydrogens (tertiary/aromatic N) is 1. The highest BCUT2D eigenvalue weighted by molar-refractivity contribution is 5.77. The smallest absolute Gasteiger partial charge is 0.381 e. The molecule has 2 nitrogen and oxygen atoms in total. The number of nitrogens with one attached hydrogen (secondary N) is 1. The highest BCUT2D eigenvalue weighted by Gasteiger charge is 2.38. The summed E-state index contributed by atoms with van der Waals surface area (Å²) in [6.07, 6.45) is -4.32. The lowest BCUT2D eigenvalue weighted by Gasteiger charge is -2.43. The van der Waals surface area contributed by atoms with Crippen LogP contribution in [-0.4, -0.2) is 19.1 Å². The van der Waals surface area contributed by atoms with Crippen LogP contribution in [0, 0.1) is 0 Å². The third kappa shape index (κ3) is 1.94. The van der Waals surface area contributed by atoms with Gasteiger partial charge >= 0.3 is 6.18 Å². The molecular weight excluding hydrogens is 229 g/mol. The van der Waals surface area contributed by atoms with Crippen LogP contribution in [0.3, 0.4) is 0 Å². The van der Waals surface area contributed by atoms with Gasteiger partial charge in [-0.3, -0.25) is 0 Å². The van der Waals surface area contributed by atoms with Crippen molar-refractivity contribution in [1.82, 2.24) is 0 Å². The Morgan fingerprint density at radius 1 is 1.29 bits per heavy atom. The van der Waals surface area contributed by atoms with Gasteiger partial charge in [0.05, 0.1) is 22.5 Å². The van der Waals surface area contributed by atoms with E-state index in [-0.39, 0.29) is 11.2 Å². The average Bonchev–Trinajstić information content (AvgIpc) is 2.22. The number of likely N-dealkylation sites (N-methyl/N-ethyl adjacent to an activating group) is 1. The fourth-order valence-electron chi connectivity index (χ4n) is 1.99. The molecular formula is C12H15F3N2. The second-order valence-electron chi connectivity index (χ2n) is 4.92. The van der Waals surface area contributed by atoms with E-state index in [1.807, 2.05) is 25.8 Å². The Morgan fingerprint density at radius 2 is 1.94 bits per heavy atom. The van der Waals surface area contributed by atoms with Gasteiger partial charge in [-0.1, -0.05) is 6.07 Å². The van der Waals surface area contributed by atoms with E-state index in [1.54, 1.807) is 6.07 Å². The van der Waals surface area contributed by atoms with E-state index >= 15 is 0 Å². The highest BCUT2D eigenvalue weighted by Crippen LogP contribution is 2.43. The Kier molecular flexibility index (Phi) is 2.52. The summed E-state index contributed by atoms with van der Waals surface area (Å²) in [7, 11) is 1.82. The van der Waals surface area contributed by atoms with Crippen LogP contribution in [0.25, 0.3) is 0 Å². The molecule has 0 aliphatic carbocycles. The van der Waals surface area contributed by atoms with Gasteiger partial charge in [0.2, 0.25) is 0 Å². The predicted molar refractivity (Wildman–Crippen MR) is 62.4 cm³/mol. The second-order valence-corrected chi connectivity index (χ2v) is 4.92. The molecule has 1 aromatic rings. The first kappa shape index (κ1) is 12.1. The van der Waals surface area contributed by atoms with Gasteiger partial charge in [0.25, 0.3) is 0 Å². The third-order valence-corrected chi connectivity index (χ3v) is 3.31. The minimum atomic E-state index is -4.32. The van der Waals surface area contributed by atoms with Crippen molar-refractivity contribution in [3.8, 4) is 0 Å².